The van der Waals surface area contributed by atoms with Gasteiger partial charge in [0.2, 0.25) is 0 Å². The molecule has 6 heteroatoms. The zero-order valence-corrected chi connectivity index (χ0v) is 13.7. The van der Waals surface area contributed by atoms with Crippen LogP contribution in [0.3, 0.4) is 0 Å². The zero-order chi connectivity index (χ0) is 16.4. The minimum Gasteiger partial charge on any atom is -0.374 e. The van der Waals surface area contributed by atoms with Gasteiger partial charge in [0.15, 0.2) is 5.82 Å². The van der Waals surface area contributed by atoms with E-state index in [1.165, 1.54) is 17.5 Å². The summed E-state index contributed by atoms with van der Waals surface area (Å²) in [5.41, 5.74) is 3.51. The van der Waals surface area contributed by atoms with Crippen LogP contribution in [0.15, 0.2) is 43.2 Å². The molecule has 124 valence electrons. The normalized spacial score (nSPS) is 21.0. The second-order valence-corrected chi connectivity index (χ2v) is 6.42. The van der Waals surface area contributed by atoms with E-state index < -0.39 is 0 Å². The lowest BCUT2D eigenvalue weighted by atomic mass is 9.90. The fourth-order valence-electron chi connectivity index (χ4n) is 3.44. The van der Waals surface area contributed by atoms with Crippen LogP contribution in [0.4, 0.5) is 0 Å². The quantitative estimate of drug-likeness (QED) is 0.801. The molecular weight excluding hydrogens is 302 g/mol. The number of aromatic nitrogens is 5. The molecule has 0 saturated carbocycles. The van der Waals surface area contributed by atoms with Crippen molar-refractivity contribution in [2.45, 2.75) is 32.4 Å². The first kappa shape index (κ1) is 15.1. The SMILES string of the molecule is Cc1cc(C2CC(Cn3ccnc3)CCO2)ccc1-c1ncn[nH]1. The summed E-state index contributed by atoms with van der Waals surface area (Å²) in [4.78, 5) is 8.36. The third-order valence-electron chi connectivity index (χ3n) is 4.71. The number of H-pyrrole nitrogens is 1. The van der Waals surface area contributed by atoms with Crippen LogP contribution in [-0.4, -0.2) is 31.3 Å². The summed E-state index contributed by atoms with van der Waals surface area (Å²) in [6.07, 6.45) is 9.59. The lowest BCUT2D eigenvalue weighted by Crippen LogP contribution is -2.23. The Kier molecular flexibility index (Phi) is 4.13. The summed E-state index contributed by atoms with van der Waals surface area (Å²) in [7, 11) is 0. The predicted molar refractivity (Wildman–Crippen MR) is 90.2 cm³/mol. The molecule has 0 aliphatic carbocycles. The van der Waals surface area contributed by atoms with E-state index >= 15 is 0 Å². The number of hydrogen-bond donors (Lipinski definition) is 1. The molecule has 1 saturated heterocycles. The Morgan fingerprint density at radius 3 is 3.08 bits per heavy atom. The number of nitrogens with zero attached hydrogens (tertiary/aromatic N) is 4. The molecule has 6 nitrogen and oxygen atoms in total. The number of benzene rings is 1. The van der Waals surface area contributed by atoms with E-state index in [1.807, 2.05) is 18.7 Å². The van der Waals surface area contributed by atoms with E-state index in [0.29, 0.717) is 5.92 Å². The molecular formula is C18H21N5O. The zero-order valence-electron chi connectivity index (χ0n) is 13.7. The summed E-state index contributed by atoms with van der Waals surface area (Å²) < 4.78 is 8.20. The highest BCUT2D eigenvalue weighted by Gasteiger charge is 2.24. The first-order valence-electron chi connectivity index (χ1n) is 8.33. The van der Waals surface area contributed by atoms with Crippen molar-refractivity contribution in [3.63, 3.8) is 0 Å². The summed E-state index contributed by atoms with van der Waals surface area (Å²) in [6, 6.07) is 6.46. The maximum atomic E-state index is 6.04. The molecule has 1 aliphatic rings. The molecule has 1 aliphatic heterocycles. The van der Waals surface area contributed by atoms with E-state index in [-0.39, 0.29) is 6.10 Å². The second kappa shape index (κ2) is 6.57. The van der Waals surface area contributed by atoms with Gasteiger partial charge >= 0.3 is 0 Å². The number of hydrogen-bond acceptors (Lipinski definition) is 4. The molecule has 0 radical (unpaired) electrons. The van der Waals surface area contributed by atoms with Gasteiger partial charge < -0.3 is 9.30 Å². The predicted octanol–water partition coefficient (Wildman–Crippen LogP) is 3.14. The summed E-state index contributed by atoms with van der Waals surface area (Å²) in [5, 5.41) is 6.85. The van der Waals surface area contributed by atoms with Crippen LogP contribution in [0.25, 0.3) is 11.4 Å². The monoisotopic (exact) mass is 323 g/mol. The van der Waals surface area contributed by atoms with Gasteiger partial charge in [0, 0.05) is 31.1 Å². The molecule has 1 aromatic carbocycles. The van der Waals surface area contributed by atoms with Gasteiger partial charge in [0.1, 0.15) is 6.33 Å². The second-order valence-electron chi connectivity index (χ2n) is 6.42. The molecule has 2 atom stereocenters. The molecule has 0 bridgehead atoms. The molecule has 1 fully saturated rings. The molecule has 3 aromatic rings. The molecule has 0 spiro atoms. The molecule has 4 rings (SSSR count). The van der Waals surface area contributed by atoms with Gasteiger partial charge in [-0.3, -0.25) is 5.10 Å². The van der Waals surface area contributed by atoms with Gasteiger partial charge in [-0.1, -0.05) is 18.2 Å². The van der Waals surface area contributed by atoms with Crippen LogP contribution in [-0.2, 0) is 11.3 Å². The van der Waals surface area contributed by atoms with Crippen molar-refractivity contribution < 1.29 is 4.74 Å². The molecule has 1 N–H and O–H groups in total. The van der Waals surface area contributed by atoms with Crippen LogP contribution in [0, 0.1) is 12.8 Å². The van der Waals surface area contributed by atoms with E-state index in [4.69, 9.17) is 4.74 Å². The van der Waals surface area contributed by atoms with Crippen molar-refractivity contribution in [3.8, 4) is 11.4 Å². The van der Waals surface area contributed by atoms with Crippen molar-refractivity contribution in [1.82, 2.24) is 24.7 Å². The summed E-state index contributed by atoms with van der Waals surface area (Å²) in [6.45, 7) is 3.93. The summed E-state index contributed by atoms with van der Waals surface area (Å²) >= 11 is 0. The highest BCUT2D eigenvalue weighted by molar-refractivity contribution is 5.60. The van der Waals surface area contributed by atoms with Crippen LogP contribution >= 0.6 is 0 Å². The lowest BCUT2D eigenvalue weighted by Gasteiger charge is -2.30. The Morgan fingerprint density at radius 2 is 2.33 bits per heavy atom. The van der Waals surface area contributed by atoms with E-state index in [0.717, 1.165) is 37.4 Å². The van der Waals surface area contributed by atoms with Gasteiger partial charge in [-0.15, -0.1) is 0 Å². The van der Waals surface area contributed by atoms with Crippen molar-refractivity contribution in [2.75, 3.05) is 6.61 Å². The minimum atomic E-state index is 0.162. The van der Waals surface area contributed by atoms with E-state index in [2.05, 4.69) is 49.9 Å². The van der Waals surface area contributed by atoms with Crippen molar-refractivity contribution >= 4 is 0 Å². The maximum Gasteiger partial charge on any atom is 0.155 e. The highest BCUT2D eigenvalue weighted by atomic mass is 16.5. The fourth-order valence-corrected chi connectivity index (χ4v) is 3.44. The lowest BCUT2D eigenvalue weighted by molar-refractivity contribution is -0.0139. The van der Waals surface area contributed by atoms with Crippen LogP contribution in [0.2, 0.25) is 0 Å². The minimum absolute atomic E-state index is 0.162. The van der Waals surface area contributed by atoms with Gasteiger partial charge in [0.25, 0.3) is 0 Å². The average molecular weight is 323 g/mol. The van der Waals surface area contributed by atoms with Gasteiger partial charge in [-0.2, -0.15) is 5.10 Å². The topological polar surface area (TPSA) is 68.6 Å². The van der Waals surface area contributed by atoms with Crippen molar-refractivity contribution in [2.24, 2.45) is 5.92 Å². The largest absolute Gasteiger partial charge is 0.374 e. The Balaban J connectivity index is 1.49. The van der Waals surface area contributed by atoms with Gasteiger partial charge in [-0.05, 0) is 36.8 Å². The Hall–Kier alpha value is -2.47. The van der Waals surface area contributed by atoms with Crippen LogP contribution < -0.4 is 0 Å². The number of imidazole rings is 1. The molecule has 2 unspecified atom stereocenters. The van der Waals surface area contributed by atoms with Crippen LogP contribution in [0.5, 0.6) is 0 Å². The number of nitrogens with one attached hydrogen (secondary N) is 1. The molecule has 3 heterocycles. The highest BCUT2D eigenvalue weighted by Crippen LogP contribution is 2.34. The Morgan fingerprint density at radius 1 is 1.38 bits per heavy atom. The Labute approximate surface area is 140 Å². The van der Waals surface area contributed by atoms with E-state index in [1.54, 1.807) is 0 Å². The van der Waals surface area contributed by atoms with Crippen molar-refractivity contribution in [1.29, 1.82) is 0 Å². The number of aryl methyl sites for hydroxylation is 1. The average Bonchev–Trinajstić information content (AvgIpc) is 3.29. The van der Waals surface area contributed by atoms with Crippen molar-refractivity contribution in [3.05, 3.63) is 54.4 Å². The van der Waals surface area contributed by atoms with Crippen LogP contribution in [0.1, 0.15) is 30.1 Å². The number of rotatable bonds is 4. The molecule has 2 aromatic heterocycles. The standard InChI is InChI=1S/C18H21N5O/c1-13-8-15(2-3-16(13)18-20-11-21-22-18)17-9-14(4-7-24-17)10-23-6-5-19-12-23/h2-3,5-6,8,11-12,14,17H,4,7,9-10H2,1H3,(H,20,21,22). The smallest absolute Gasteiger partial charge is 0.155 e. The first-order valence-corrected chi connectivity index (χ1v) is 8.33. The number of aromatic amines is 1. The van der Waals surface area contributed by atoms with E-state index in [9.17, 15) is 0 Å². The first-order chi connectivity index (χ1) is 11.8. The van der Waals surface area contributed by atoms with Gasteiger partial charge in [-0.25, -0.2) is 9.97 Å². The maximum absolute atomic E-state index is 6.04. The van der Waals surface area contributed by atoms with Gasteiger partial charge in [0.05, 0.1) is 12.4 Å². The summed E-state index contributed by atoms with van der Waals surface area (Å²) in [5.74, 6) is 1.42. The fraction of sp³-hybridized carbons (Fsp3) is 0.389. The Bertz CT molecular complexity index is 782. The third kappa shape index (κ3) is 3.10. The molecule has 24 heavy (non-hydrogen) atoms. The third-order valence-corrected chi connectivity index (χ3v) is 4.71. The molecule has 0 amide bonds. The number of ether oxygens (including phenoxy) is 1.